The second kappa shape index (κ2) is 6.08. The molecular weight excluding hydrogens is 310 g/mol. The highest BCUT2D eigenvalue weighted by Crippen LogP contribution is 2.35. The van der Waals surface area contributed by atoms with Crippen LogP contribution < -0.4 is 10.1 Å². The number of nitrogens with zero attached hydrogens (tertiary/aromatic N) is 1. The van der Waals surface area contributed by atoms with Gasteiger partial charge in [-0.15, -0.1) is 0 Å². The van der Waals surface area contributed by atoms with E-state index in [1.165, 1.54) is 7.11 Å². The number of phenolic OH excluding ortho intramolecular Hbond substituents is 1. The fourth-order valence-corrected chi connectivity index (χ4v) is 2.26. The lowest BCUT2D eigenvalue weighted by molar-refractivity contribution is 0.371. The standard InChI is InChI=1S/C13H16BrN3O2/c1-8(13-15-3-4-16-13)17-7-9-5-10(14)12(18)11(6-9)19-2/h3-6,8,17-18H,7H2,1-2H3,(H,15,16). The van der Waals surface area contributed by atoms with Crippen molar-refractivity contribution in [2.45, 2.75) is 19.5 Å². The van der Waals surface area contributed by atoms with E-state index in [1.807, 2.05) is 19.1 Å². The summed E-state index contributed by atoms with van der Waals surface area (Å²) in [4.78, 5) is 7.27. The van der Waals surface area contributed by atoms with E-state index in [2.05, 4.69) is 31.2 Å². The van der Waals surface area contributed by atoms with Gasteiger partial charge in [0.2, 0.25) is 0 Å². The summed E-state index contributed by atoms with van der Waals surface area (Å²) in [7, 11) is 1.53. The van der Waals surface area contributed by atoms with Crippen LogP contribution in [0.15, 0.2) is 29.0 Å². The van der Waals surface area contributed by atoms with Crippen molar-refractivity contribution >= 4 is 15.9 Å². The highest BCUT2D eigenvalue weighted by atomic mass is 79.9. The van der Waals surface area contributed by atoms with E-state index in [9.17, 15) is 5.11 Å². The average molecular weight is 326 g/mol. The van der Waals surface area contributed by atoms with Gasteiger partial charge in [-0.3, -0.25) is 0 Å². The van der Waals surface area contributed by atoms with Crippen molar-refractivity contribution < 1.29 is 9.84 Å². The summed E-state index contributed by atoms with van der Waals surface area (Å²) in [5.41, 5.74) is 1.01. The molecular formula is C13H16BrN3O2. The van der Waals surface area contributed by atoms with Crippen LogP contribution in [0, 0.1) is 0 Å². The van der Waals surface area contributed by atoms with Crippen molar-refractivity contribution in [3.63, 3.8) is 0 Å². The molecule has 3 N–H and O–H groups in total. The minimum atomic E-state index is 0.116. The molecule has 1 aromatic carbocycles. The summed E-state index contributed by atoms with van der Waals surface area (Å²) in [6.45, 7) is 2.68. The molecule has 0 saturated carbocycles. The Labute approximate surface area is 120 Å². The van der Waals surface area contributed by atoms with E-state index in [-0.39, 0.29) is 11.8 Å². The molecule has 19 heavy (non-hydrogen) atoms. The number of H-pyrrole nitrogens is 1. The Morgan fingerprint density at radius 2 is 2.32 bits per heavy atom. The van der Waals surface area contributed by atoms with Crippen molar-refractivity contribution in [2.75, 3.05) is 7.11 Å². The first-order valence-corrected chi connectivity index (χ1v) is 6.69. The number of nitrogens with one attached hydrogen (secondary N) is 2. The number of phenols is 1. The van der Waals surface area contributed by atoms with Gasteiger partial charge in [0, 0.05) is 18.9 Å². The normalized spacial score (nSPS) is 12.4. The molecule has 1 heterocycles. The number of hydrogen-bond donors (Lipinski definition) is 3. The quantitative estimate of drug-likeness (QED) is 0.790. The second-order valence-corrected chi connectivity index (χ2v) is 5.06. The second-order valence-electron chi connectivity index (χ2n) is 4.21. The summed E-state index contributed by atoms with van der Waals surface area (Å²) in [5, 5.41) is 13.1. The number of methoxy groups -OCH3 is 1. The van der Waals surface area contributed by atoms with E-state index in [0.29, 0.717) is 16.8 Å². The van der Waals surface area contributed by atoms with Gasteiger partial charge in [-0.25, -0.2) is 4.98 Å². The summed E-state index contributed by atoms with van der Waals surface area (Å²) in [6, 6.07) is 3.79. The lowest BCUT2D eigenvalue weighted by Gasteiger charge is -2.13. The zero-order valence-electron chi connectivity index (χ0n) is 10.8. The Bertz CT molecular complexity index is 543. The number of aromatic nitrogens is 2. The zero-order chi connectivity index (χ0) is 13.8. The SMILES string of the molecule is COc1cc(CNC(C)c2ncc[nH]2)cc(Br)c1O. The maximum absolute atomic E-state index is 9.74. The number of ether oxygens (including phenoxy) is 1. The molecule has 0 amide bonds. The minimum absolute atomic E-state index is 0.116. The van der Waals surface area contributed by atoms with Crippen LogP contribution in [0.3, 0.4) is 0 Å². The number of aromatic hydroxyl groups is 1. The highest BCUT2D eigenvalue weighted by molar-refractivity contribution is 9.10. The van der Waals surface area contributed by atoms with Crippen molar-refractivity contribution in [1.29, 1.82) is 0 Å². The van der Waals surface area contributed by atoms with E-state index in [4.69, 9.17) is 4.74 Å². The van der Waals surface area contributed by atoms with Crippen LogP contribution in [-0.2, 0) is 6.54 Å². The number of rotatable bonds is 5. The minimum Gasteiger partial charge on any atom is -0.503 e. The largest absolute Gasteiger partial charge is 0.503 e. The lowest BCUT2D eigenvalue weighted by atomic mass is 10.2. The molecule has 1 unspecified atom stereocenters. The smallest absolute Gasteiger partial charge is 0.172 e. The molecule has 1 atom stereocenters. The first kappa shape index (κ1) is 13.9. The van der Waals surface area contributed by atoms with Crippen molar-refractivity contribution in [3.05, 3.63) is 40.4 Å². The average Bonchev–Trinajstić information content (AvgIpc) is 2.93. The molecule has 0 spiro atoms. The van der Waals surface area contributed by atoms with Crippen LogP contribution in [0.25, 0.3) is 0 Å². The number of imidazole rings is 1. The third-order valence-corrected chi connectivity index (χ3v) is 3.45. The van der Waals surface area contributed by atoms with Crippen LogP contribution in [-0.4, -0.2) is 22.2 Å². The van der Waals surface area contributed by atoms with Gasteiger partial charge < -0.3 is 20.1 Å². The number of benzene rings is 1. The van der Waals surface area contributed by atoms with E-state index < -0.39 is 0 Å². The molecule has 0 aliphatic rings. The first-order chi connectivity index (χ1) is 9.11. The van der Waals surface area contributed by atoms with Crippen LogP contribution in [0.5, 0.6) is 11.5 Å². The third kappa shape index (κ3) is 3.27. The van der Waals surface area contributed by atoms with Crippen molar-refractivity contribution in [1.82, 2.24) is 15.3 Å². The van der Waals surface area contributed by atoms with Crippen molar-refractivity contribution in [3.8, 4) is 11.5 Å². The van der Waals surface area contributed by atoms with E-state index in [0.717, 1.165) is 11.4 Å². The summed E-state index contributed by atoms with van der Waals surface area (Å²) < 4.78 is 5.74. The summed E-state index contributed by atoms with van der Waals surface area (Å²) >= 11 is 3.31. The molecule has 2 rings (SSSR count). The molecule has 0 radical (unpaired) electrons. The molecule has 1 aromatic heterocycles. The van der Waals surface area contributed by atoms with Crippen LogP contribution >= 0.6 is 15.9 Å². The Balaban J connectivity index is 2.05. The molecule has 0 aliphatic heterocycles. The third-order valence-electron chi connectivity index (χ3n) is 2.85. The van der Waals surface area contributed by atoms with Gasteiger partial charge in [0.1, 0.15) is 5.82 Å². The molecule has 0 fully saturated rings. The molecule has 5 nitrogen and oxygen atoms in total. The van der Waals surface area contributed by atoms with Gasteiger partial charge in [-0.2, -0.15) is 0 Å². The maximum Gasteiger partial charge on any atom is 0.172 e. The van der Waals surface area contributed by atoms with Crippen LogP contribution in [0.2, 0.25) is 0 Å². The Kier molecular flexibility index (Phi) is 4.44. The monoisotopic (exact) mass is 325 g/mol. The van der Waals surface area contributed by atoms with E-state index in [1.54, 1.807) is 12.4 Å². The summed E-state index contributed by atoms with van der Waals surface area (Å²) in [5.74, 6) is 1.46. The van der Waals surface area contributed by atoms with Crippen molar-refractivity contribution in [2.24, 2.45) is 0 Å². The topological polar surface area (TPSA) is 70.2 Å². The summed E-state index contributed by atoms with van der Waals surface area (Å²) in [6.07, 6.45) is 3.53. The van der Waals surface area contributed by atoms with Crippen LogP contribution in [0.1, 0.15) is 24.4 Å². The Morgan fingerprint density at radius 3 is 2.95 bits per heavy atom. The van der Waals surface area contributed by atoms with Crippen LogP contribution in [0.4, 0.5) is 0 Å². The maximum atomic E-state index is 9.74. The lowest BCUT2D eigenvalue weighted by Crippen LogP contribution is -2.19. The molecule has 0 saturated heterocycles. The van der Waals surface area contributed by atoms with Gasteiger partial charge in [0.05, 0.1) is 17.6 Å². The molecule has 102 valence electrons. The number of hydrogen-bond acceptors (Lipinski definition) is 4. The molecule has 0 aliphatic carbocycles. The van der Waals surface area contributed by atoms with Gasteiger partial charge in [0.15, 0.2) is 11.5 Å². The number of halogens is 1. The Morgan fingerprint density at radius 1 is 1.53 bits per heavy atom. The van der Waals surface area contributed by atoms with Gasteiger partial charge >= 0.3 is 0 Å². The van der Waals surface area contributed by atoms with Gasteiger partial charge in [-0.05, 0) is 40.5 Å². The molecule has 2 aromatic rings. The predicted octanol–water partition coefficient (Wildman–Crippen LogP) is 2.74. The predicted molar refractivity (Wildman–Crippen MR) is 76.2 cm³/mol. The van der Waals surface area contributed by atoms with E-state index >= 15 is 0 Å². The van der Waals surface area contributed by atoms with Gasteiger partial charge in [-0.1, -0.05) is 0 Å². The fraction of sp³-hybridized carbons (Fsp3) is 0.308. The Hall–Kier alpha value is -1.53. The fourth-order valence-electron chi connectivity index (χ4n) is 1.77. The molecule has 6 heteroatoms. The zero-order valence-corrected chi connectivity index (χ0v) is 12.4. The molecule has 0 bridgehead atoms. The number of aromatic amines is 1. The first-order valence-electron chi connectivity index (χ1n) is 5.90. The highest BCUT2D eigenvalue weighted by Gasteiger charge is 2.10. The van der Waals surface area contributed by atoms with Gasteiger partial charge in [0.25, 0.3) is 0 Å².